The van der Waals surface area contributed by atoms with Gasteiger partial charge in [-0.15, -0.1) is 0 Å². The lowest BCUT2D eigenvalue weighted by molar-refractivity contribution is -0.140. The molecule has 0 radical (unpaired) electrons. The van der Waals surface area contributed by atoms with Crippen LogP contribution in [0.1, 0.15) is 33.9 Å². The molecule has 1 atom stereocenters. The van der Waals surface area contributed by atoms with Gasteiger partial charge in [0.2, 0.25) is 0 Å². The first kappa shape index (κ1) is 24.9. The van der Waals surface area contributed by atoms with Crippen molar-refractivity contribution in [2.75, 3.05) is 0 Å². The Morgan fingerprint density at radius 3 is 2.34 bits per heavy atom. The van der Waals surface area contributed by atoms with Gasteiger partial charge in [-0.25, -0.2) is 4.39 Å². The SMILES string of the molecule is Cc1ccc(/C(O)=C2\C(=O)C(=O)N(Cc3ccncc3)C2c2ccc(OCc3ccccc3)cc2)cc1F. The number of halogens is 1. The number of pyridine rings is 1. The first-order valence-corrected chi connectivity index (χ1v) is 12.1. The maximum atomic E-state index is 14.3. The van der Waals surface area contributed by atoms with Crippen molar-refractivity contribution in [2.45, 2.75) is 26.1 Å². The fourth-order valence-corrected chi connectivity index (χ4v) is 4.46. The van der Waals surface area contributed by atoms with E-state index in [0.717, 1.165) is 11.1 Å². The quantitative estimate of drug-likeness (QED) is 0.196. The van der Waals surface area contributed by atoms with Crippen LogP contribution in [0.3, 0.4) is 0 Å². The highest BCUT2D eigenvalue weighted by molar-refractivity contribution is 6.46. The average Bonchev–Trinajstić information content (AvgIpc) is 3.19. The maximum absolute atomic E-state index is 14.3. The maximum Gasteiger partial charge on any atom is 0.295 e. The minimum Gasteiger partial charge on any atom is -0.507 e. The number of aromatic nitrogens is 1. The van der Waals surface area contributed by atoms with Gasteiger partial charge in [0.1, 0.15) is 23.9 Å². The van der Waals surface area contributed by atoms with E-state index in [1.807, 2.05) is 30.3 Å². The number of Topliss-reactive ketones (excluding diaryl/α,β-unsaturated/α-hetero) is 1. The highest BCUT2D eigenvalue weighted by atomic mass is 19.1. The summed E-state index contributed by atoms with van der Waals surface area (Å²) in [5.74, 6) is -1.90. The first-order chi connectivity index (χ1) is 18.4. The number of carbonyl (C=O) groups excluding carboxylic acids is 2. The summed E-state index contributed by atoms with van der Waals surface area (Å²) in [5, 5.41) is 11.2. The Bertz CT molecular complexity index is 1500. The summed E-state index contributed by atoms with van der Waals surface area (Å²) in [6, 6.07) is 23.6. The van der Waals surface area contributed by atoms with E-state index in [9.17, 15) is 19.1 Å². The number of aliphatic hydroxyl groups excluding tert-OH is 1. The highest BCUT2D eigenvalue weighted by Gasteiger charge is 2.46. The highest BCUT2D eigenvalue weighted by Crippen LogP contribution is 2.40. The third kappa shape index (κ3) is 5.04. The zero-order valence-corrected chi connectivity index (χ0v) is 20.7. The van der Waals surface area contributed by atoms with E-state index in [2.05, 4.69) is 4.98 Å². The third-order valence-corrected chi connectivity index (χ3v) is 6.53. The molecule has 0 aliphatic carbocycles. The lowest BCUT2D eigenvalue weighted by Crippen LogP contribution is -2.29. The molecule has 1 aromatic heterocycles. The second-order valence-corrected chi connectivity index (χ2v) is 9.09. The van der Waals surface area contributed by atoms with Crippen LogP contribution < -0.4 is 4.74 Å². The summed E-state index contributed by atoms with van der Waals surface area (Å²) in [7, 11) is 0. The molecule has 0 spiro atoms. The van der Waals surface area contributed by atoms with Crippen LogP contribution in [0.15, 0.2) is 103 Å². The van der Waals surface area contributed by atoms with Gasteiger partial charge < -0.3 is 14.7 Å². The molecule has 7 heteroatoms. The van der Waals surface area contributed by atoms with Crippen molar-refractivity contribution in [1.29, 1.82) is 0 Å². The number of nitrogens with zero attached hydrogens (tertiary/aromatic N) is 2. The number of aliphatic hydroxyl groups is 1. The van der Waals surface area contributed by atoms with E-state index in [-0.39, 0.29) is 17.7 Å². The molecule has 0 saturated carbocycles. The standard InChI is InChI=1S/C31H25FN2O4/c1-20-7-8-24(17-26(20)32)29(35)27-28(34(31(37)30(27)36)18-21-13-15-33-16-14-21)23-9-11-25(12-10-23)38-19-22-5-3-2-4-6-22/h2-17,28,35H,18-19H2,1H3/b29-27+. The van der Waals surface area contributed by atoms with Crippen LogP contribution >= 0.6 is 0 Å². The van der Waals surface area contributed by atoms with Gasteiger partial charge in [-0.3, -0.25) is 14.6 Å². The van der Waals surface area contributed by atoms with Crippen LogP contribution in [0.2, 0.25) is 0 Å². The first-order valence-electron chi connectivity index (χ1n) is 12.1. The smallest absolute Gasteiger partial charge is 0.295 e. The van der Waals surface area contributed by atoms with Crippen LogP contribution in [-0.4, -0.2) is 26.7 Å². The number of hydrogen-bond donors (Lipinski definition) is 1. The zero-order chi connectivity index (χ0) is 26.6. The molecule has 0 bridgehead atoms. The fraction of sp³-hybridized carbons (Fsp3) is 0.129. The number of likely N-dealkylation sites (tertiary alicyclic amines) is 1. The van der Waals surface area contributed by atoms with Crippen molar-refractivity contribution >= 4 is 17.4 Å². The lowest BCUT2D eigenvalue weighted by atomic mass is 9.94. The summed E-state index contributed by atoms with van der Waals surface area (Å²) in [4.78, 5) is 31.9. The Morgan fingerprint density at radius 2 is 1.66 bits per heavy atom. The summed E-state index contributed by atoms with van der Waals surface area (Å²) in [6.45, 7) is 2.12. The van der Waals surface area contributed by atoms with Gasteiger partial charge >= 0.3 is 0 Å². The minimum absolute atomic E-state index is 0.0923. The van der Waals surface area contributed by atoms with Crippen LogP contribution in [-0.2, 0) is 22.7 Å². The number of rotatable bonds is 7. The summed E-state index contributed by atoms with van der Waals surface area (Å²) >= 11 is 0. The Morgan fingerprint density at radius 1 is 0.947 bits per heavy atom. The van der Waals surface area contributed by atoms with Gasteiger partial charge in [-0.2, -0.15) is 0 Å². The molecule has 5 rings (SSSR count). The van der Waals surface area contributed by atoms with E-state index in [1.165, 1.54) is 23.1 Å². The lowest BCUT2D eigenvalue weighted by Gasteiger charge is -2.25. The molecule has 1 saturated heterocycles. The van der Waals surface area contributed by atoms with Crippen molar-refractivity contribution in [3.8, 4) is 5.75 Å². The van der Waals surface area contributed by atoms with Crippen molar-refractivity contribution in [3.63, 3.8) is 0 Å². The van der Waals surface area contributed by atoms with Gasteiger partial charge in [0.05, 0.1) is 11.6 Å². The van der Waals surface area contributed by atoms with Gasteiger partial charge in [-0.1, -0.05) is 54.6 Å². The number of ketones is 1. The predicted octanol–water partition coefficient (Wildman–Crippen LogP) is 5.73. The number of amides is 1. The Kier molecular flexibility index (Phi) is 7.00. The molecular formula is C31H25FN2O4. The zero-order valence-electron chi connectivity index (χ0n) is 20.7. The van der Waals surface area contributed by atoms with Crippen LogP contribution in [0.4, 0.5) is 4.39 Å². The van der Waals surface area contributed by atoms with Crippen molar-refractivity contribution < 1.29 is 23.8 Å². The largest absolute Gasteiger partial charge is 0.507 e. The molecule has 6 nitrogen and oxygen atoms in total. The second-order valence-electron chi connectivity index (χ2n) is 9.09. The third-order valence-electron chi connectivity index (χ3n) is 6.53. The van der Waals surface area contributed by atoms with Gasteiger partial charge in [0.15, 0.2) is 0 Å². The Balaban J connectivity index is 1.52. The van der Waals surface area contributed by atoms with Gasteiger partial charge in [0, 0.05) is 24.5 Å². The molecule has 1 amide bonds. The molecular weight excluding hydrogens is 483 g/mol. The van der Waals surface area contributed by atoms with Crippen molar-refractivity contribution in [3.05, 3.63) is 137 Å². The minimum atomic E-state index is -0.879. The summed E-state index contributed by atoms with van der Waals surface area (Å²) < 4.78 is 20.2. The number of hydrogen-bond acceptors (Lipinski definition) is 5. The molecule has 2 heterocycles. The van der Waals surface area contributed by atoms with E-state index in [0.29, 0.717) is 23.5 Å². The van der Waals surface area contributed by atoms with Crippen molar-refractivity contribution in [1.82, 2.24) is 9.88 Å². The molecule has 1 aliphatic heterocycles. The molecule has 190 valence electrons. The van der Waals surface area contributed by atoms with Gasteiger partial charge in [0.25, 0.3) is 11.7 Å². The molecule has 4 aromatic rings. The Hall–Kier alpha value is -4.78. The summed E-state index contributed by atoms with van der Waals surface area (Å²) in [6.07, 6.45) is 3.21. The Labute approximate surface area is 219 Å². The molecule has 1 fully saturated rings. The topological polar surface area (TPSA) is 79.7 Å². The number of carbonyl (C=O) groups is 2. The van der Waals surface area contributed by atoms with Gasteiger partial charge in [-0.05, 0) is 59.5 Å². The van der Waals surface area contributed by atoms with E-state index in [4.69, 9.17) is 4.74 Å². The molecule has 3 aromatic carbocycles. The molecule has 1 N–H and O–H groups in total. The van der Waals surface area contributed by atoms with Crippen LogP contribution in [0.5, 0.6) is 5.75 Å². The molecule has 38 heavy (non-hydrogen) atoms. The predicted molar refractivity (Wildman–Crippen MR) is 140 cm³/mol. The van der Waals surface area contributed by atoms with E-state index >= 15 is 0 Å². The van der Waals surface area contributed by atoms with Crippen molar-refractivity contribution in [2.24, 2.45) is 0 Å². The van der Waals surface area contributed by atoms with E-state index in [1.54, 1.807) is 55.7 Å². The van der Waals surface area contributed by atoms with E-state index < -0.39 is 29.3 Å². The monoisotopic (exact) mass is 508 g/mol. The molecule has 1 unspecified atom stereocenters. The average molecular weight is 509 g/mol. The fourth-order valence-electron chi connectivity index (χ4n) is 4.46. The number of ether oxygens (including phenoxy) is 1. The normalized spacial score (nSPS) is 16.6. The summed E-state index contributed by atoms with van der Waals surface area (Å²) in [5.41, 5.74) is 2.85. The van der Waals surface area contributed by atoms with Crippen LogP contribution in [0.25, 0.3) is 5.76 Å². The number of aryl methyl sites for hydroxylation is 1. The second kappa shape index (κ2) is 10.7. The number of benzene rings is 3. The molecule has 1 aliphatic rings. The van der Waals surface area contributed by atoms with Crippen LogP contribution in [0, 0.1) is 12.7 Å².